The van der Waals surface area contributed by atoms with E-state index in [1.54, 1.807) is 65.8 Å². The third-order valence-corrected chi connectivity index (χ3v) is 6.88. The van der Waals surface area contributed by atoms with Crippen molar-refractivity contribution in [1.29, 1.82) is 0 Å². The summed E-state index contributed by atoms with van der Waals surface area (Å²) in [5.74, 6) is -4.60. The van der Waals surface area contributed by atoms with Gasteiger partial charge in [0.15, 0.2) is 0 Å². The summed E-state index contributed by atoms with van der Waals surface area (Å²) in [7, 11) is 0. The van der Waals surface area contributed by atoms with Crippen LogP contribution < -0.4 is 21.3 Å². The summed E-state index contributed by atoms with van der Waals surface area (Å²) < 4.78 is 49.9. The molecule has 46 heavy (non-hydrogen) atoms. The van der Waals surface area contributed by atoms with Gasteiger partial charge in [-0.15, -0.1) is 0 Å². The number of carbonyl (C=O) groups excluding carboxylic acids is 5. The molecule has 1 aromatic rings. The number of hydrogen-bond acceptors (Lipinski definition) is 7. The molecular weight excluding hydrogens is 609 g/mol. The van der Waals surface area contributed by atoms with Gasteiger partial charge in [-0.2, -0.15) is 13.2 Å². The van der Waals surface area contributed by atoms with Gasteiger partial charge in [0.25, 0.3) is 0 Å². The Bertz CT molecular complexity index is 1250. The zero-order valence-electron chi connectivity index (χ0n) is 27.1. The van der Waals surface area contributed by atoms with Gasteiger partial charge in [-0.3, -0.25) is 19.2 Å². The Morgan fingerprint density at radius 1 is 1.02 bits per heavy atom. The average Bonchev–Trinajstić information content (AvgIpc) is 3.35. The third-order valence-electron chi connectivity index (χ3n) is 6.88. The molecule has 1 fully saturated rings. The SMILES string of the molecule is CC(C)C[C@H](NC(=O)[C@@H](NC(=O)OCc1ccccc1)C(C)OC(C)(C)C)C(=O)NC(=CCC(=O)C(F)(F)F)C[C@@H]1CCNC1=O. The zero-order valence-corrected chi connectivity index (χ0v) is 27.1. The first-order valence-corrected chi connectivity index (χ1v) is 15.2. The molecule has 0 saturated carbocycles. The molecule has 1 aliphatic rings. The van der Waals surface area contributed by atoms with Crippen LogP contribution in [-0.2, 0) is 35.3 Å². The predicted octanol–water partition coefficient (Wildman–Crippen LogP) is 4.06. The fourth-order valence-electron chi connectivity index (χ4n) is 4.75. The van der Waals surface area contributed by atoms with Gasteiger partial charge < -0.3 is 30.7 Å². The van der Waals surface area contributed by atoms with Crippen molar-refractivity contribution < 1.29 is 46.6 Å². The Labute approximate surface area is 267 Å². The van der Waals surface area contributed by atoms with Crippen LogP contribution in [0.3, 0.4) is 0 Å². The molecule has 1 unspecified atom stereocenters. The summed E-state index contributed by atoms with van der Waals surface area (Å²) in [6, 6.07) is 6.40. The van der Waals surface area contributed by atoms with E-state index < -0.39 is 66.0 Å². The smallest absolute Gasteiger partial charge is 0.445 e. The lowest BCUT2D eigenvalue weighted by Crippen LogP contribution is -2.58. The molecule has 14 heteroatoms. The van der Waals surface area contributed by atoms with Crippen LogP contribution in [0.2, 0.25) is 0 Å². The Kier molecular flexibility index (Phi) is 14.2. The summed E-state index contributed by atoms with van der Waals surface area (Å²) in [6.07, 6.45) is -6.53. The molecule has 11 nitrogen and oxygen atoms in total. The van der Waals surface area contributed by atoms with Crippen LogP contribution in [0, 0.1) is 11.8 Å². The lowest BCUT2D eigenvalue weighted by Gasteiger charge is -2.31. The van der Waals surface area contributed by atoms with Crippen LogP contribution in [0.15, 0.2) is 42.1 Å². The Morgan fingerprint density at radius 2 is 1.67 bits per heavy atom. The zero-order chi connectivity index (χ0) is 34.7. The van der Waals surface area contributed by atoms with Crippen molar-refractivity contribution in [3.63, 3.8) is 0 Å². The van der Waals surface area contributed by atoms with E-state index in [-0.39, 0.29) is 37.0 Å². The maximum atomic E-state index is 13.6. The lowest BCUT2D eigenvalue weighted by molar-refractivity contribution is -0.170. The van der Waals surface area contributed by atoms with E-state index in [2.05, 4.69) is 21.3 Å². The minimum atomic E-state index is -5.07. The minimum Gasteiger partial charge on any atom is -0.445 e. The number of halogens is 3. The highest BCUT2D eigenvalue weighted by Gasteiger charge is 2.38. The molecule has 1 aromatic carbocycles. The molecule has 0 spiro atoms. The lowest BCUT2D eigenvalue weighted by atomic mass is 9.99. The highest BCUT2D eigenvalue weighted by molar-refractivity contribution is 5.92. The molecule has 4 amide bonds. The van der Waals surface area contributed by atoms with Gasteiger partial charge >= 0.3 is 12.3 Å². The molecule has 0 radical (unpaired) electrons. The van der Waals surface area contributed by atoms with Crippen LogP contribution in [0.4, 0.5) is 18.0 Å². The van der Waals surface area contributed by atoms with Crippen LogP contribution in [0.5, 0.6) is 0 Å². The van der Waals surface area contributed by atoms with Crippen molar-refractivity contribution in [2.75, 3.05) is 6.54 Å². The van der Waals surface area contributed by atoms with Crippen LogP contribution in [0.25, 0.3) is 0 Å². The Morgan fingerprint density at radius 3 is 2.22 bits per heavy atom. The normalized spacial score (nSPS) is 17.5. The summed E-state index contributed by atoms with van der Waals surface area (Å²) in [4.78, 5) is 63.6. The van der Waals surface area contributed by atoms with Crippen LogP contribution in [-0.4, -0.2) is 66.1 Å². The molecule has 4 atom stereocenters. The third kappa shape index (κ3) is 13.6. The van der Waals surface area contributed by atoms with Crippen molar-refractivity contribution in [1.82, 2.24) is 21.3 Å². The van der Waals surface area contributed by atoms with Crippen LogP contribution in [0.1, 0.15) is 72.8 Å². The molecule has 0 bridgehead atoms. The molecule has 1 aliphatic heterocycles. The molecule has 1 heterocycles. The second-order valence-electron chi connectivity index (χ2n) is 12.6. The second kappa shape index (κ2) is 17.1. The highest BCUT2D eigenvalue weighted by Crippen LogP contribution is 2.22. The predicted molar refractivity (Wildman–Crippen MR) is 163 cm³/mol. The van der Waals surface area contributed by atoms with Gasteiger partial charge in [-0.1, -0.05) is 50.3 Å². The summed E-state index contributed by atoms with van der Waals surface area (Å²) in [5.41, 5.74) is -0.0269. The standard InChI is InChI=1S/C32H45F3N4O7/c1-19(2)16-24(28(42)37-23(12-13-25(40)32(33,34)35)17-22-14-15-36-27(22)41)38-29(43)26(20(3)46-31(4,5)6)39-30(44)45-18-21-10-8-7-9-11-21/h7-12,19-20,22,24,26H,13-18H2,1-6H3,(H,36,41)(H,37,42)(H,38,43)(H,39,44)/t20?,22-,24-,26-/m0/s1. The number of rotatable bonds is 15. The van der Waals surface area contributed by atoms with E-state index in [1.807, 2.05) is 6.07 Å². The maximum absolute atomic E-state index is 13.6. The number of allylic oxidation sites excluding steroid dienone is 2. The minimum absolute atomic E-state index is 0.0451. The summed E-state index contributed by atoms with van der Waals surface area (Å²) in [5, 5.41) is 10.3. The topological polar surface area (TPSA) is 152 Å². The molecule has 0 aromatic heterocycles. The number of ether oxygens (including phenoxy) is 2. The first-order valence-electron chi connectivity index (χ1n) is 15.2. The number of hydrogen-bond donors (Lipinski definition) is 4. The average molecular weight is 655 g/mol. The quantitative estimate of drug-likeness (QED) is 0.223. The van der Waals surface area contributed by atoms with Gasteiger partial charge in [0.2, 0.25) is 23.5 Å². The number of alkyl halides is 3. The highest BCUT2D eigenvalue weighted by atomic mass is 19.4. The molecule has 1 saturated heterocycles. The number of benzene rings is 1. The number of Topliss-reactive ketones (excluding diaryl/α,β-unsaturated/α-hetero) is 1. The van der Waals surface area contributed by atoms with Crippen molar-refractivity contribution in [3.05, 3.63) is 47.7 Å². The number of ketones is 1. The Hall–Kier alpha value is -3.94. The largest absolute Gasteiger partial charge is 0.450 e. The van der Waals surface area contributed by atoms with Crippen molar-refractivity contribution in [2.45, 2.75) is 104 Å². The molecular formula is C32H45F3N4O7. The Balaban J connectivity index is 2.26. The summed E-state index contributed by atoms with van der Waals surface area (Å²) >= 11 is 0. The number of nitrogens with one attached hydrogen (secondary N) is 4. The monoisotopic (exact) mass is 654 g/mol. The molecule has 256 valence electrons. The molecule has 2 rings (SSSR count). The van der Waals surface area contributed by atoms with E-state index in [9.17, 15) is 37.1 Å². The van der Waals surface area contributed by atoms with E-state index in [0.717, 1.165) is 11.6 Å². The fourth-order valence-corrected chi connectivity index (χ4v) is 4.75. The van der Waals surface area contributed by atoms with Crippen molar-refractivity contribution >= 4 is 29.6 Å². The first kappa shape index (κ1) is 38.2. The number of amides is 4. The second-order valence-corrected chi connectivity index (χ2v) is 12.6. The van der Waals surface area contributed by atoms with Gasteiger partial charge in [0.1, 0.15) is 18.7 Å². The van der Waals surface area contributed by atoms with Crippen LogP contribution >= 0.6 is 0 Å². The van der Waals surface area contributed by atoms with E-state index >= 15 is 0 Å². The van der Waals surface area contributed by atoms with Gasteiger partial charge in [0.05, 0.1) is 11.7 Å². The maximum Gasteiger partial charge on any atom is 0.450 e. The molecule has 0 aliphatic carbocycles. The summed E-state index contributed by atoms with van der Waals surface area (Å²) in [6.45, 7) is 10.8. The number of alkyl carbamates (subject to hydrolysis) is 1. The van der Waals surface area contributed by atoms with Gasteiger partial charge in [-0.25, -0.2) is 4.79 Å². The van der Waals surface area contributed by atoms with Crippen molar-refractivity contribution in [3.8, 4) is 0 Å². The number of carbonyl (C=O) groups is 5. The van der Waals surface area contributed by atoms with E-state index in [4.69, 9.17) is 9.47 Å². The van der Waals surface area contributed by atoms with Gasteiger partial charge in [0, 0.05) is 24.6 Å². The molecule has 4 N–H and O–H groups in total. The van der Waals surface area contributed by atoms with E-state index in [0.29, 0.717) is 13.0 Å². The van der Waals surface area contributed by atoms with Gasteiger partial charge in [-0.05, 0) is 58.4 Å². The fraction of sp³-hybridized carbons (Fsp3) is 0.594. The van der Waals surface area contributed by atoms with E-state index in [1.165, 1.54) is 0 Å². The first-order chi connectivity index (χ1) is 21.4. The van der Waals surface area contributed by atoms with Crippen molar-refractivity contribution in [2.24, 2.45) is 11.8 Å².